The summed E-state index contributed by atoms with van der Waals surface area (Å²) >= 11 is 20.0. The van der Waals surface area contributed by atoms with E-state index in [9.17, 15) is 0 Å². The van der Waals surface area contributed by atoms with Gasteiger partial charge >= 0.3 is 0 Å². The minimum absolute atomic E-state index is 0.0477. The average molecular weight is 945 g/mol. The van der Waals surface area contributed by atoms with Gasteiger partial charge in [-0.3, -0.25) is 0 Å². The van der Waals surface area contributed by atoms with Crippen LogP contribution in [-0.4, -0.2) is 0 Å². The Hall–Kier alpha value is -2.99. The van der Waals surface area contributed by atoms with Crippen molar-refractivity contribution in [1.82, 2.24) is 0 Å². The van der Waals surface area contributed by atoms with Crippen molar-refractivity contribution in [3.8, 4) is 22.3 Å². The fourth-order valence-electron chi connectivity index (χ4n) is 7.12. The first-order chi connectivity index (χ1) is 24.5. The summed E-state index contributed by atoms with van der Waals surface area (Å²) in [5.41, 5.74) is 15.8. The predicted molar refractivity (Wildman–Crippen MR) is 235 cm³/mol. The Bertz CT molecular complexity index is 2110. The van der Waals surface area contributed by atoms with Gasteiger partial charge in [0.2, 0.25) is 0 Å². The van der Waals surface area contributed by atoms with E-state index in [1.807, 2.05) is 36.4 Å². The highest BCUT2D eigenvalue weighted by Gasteiger charge is 2.39. The van der Waals surface area contributed by atoms with Crippen molar-refractivity contribution in [2.24, 2.45) is 0 Å². The molecule has 0 saturated carbocycles. The second-order valence-corrected chi connectivity index (χ2v) is 17.0. The SMILES string of the molecule is C=Cc1ccc(CC2(C)c3cc(Br)ccc3-c3ccc(Br)cc32)cc1.C=Cc1ccc(CCl)cc1.CC1c2cc(Br)ccc2-c2ccc(Br)cc21. The molecule has 6 aromatic rings. The third kappa shape index (κ3) is 8.16. The Balaban J connectivity index is 0.000000147. The highest BCUT2D eigenvalue weighted by Crippen LogP contribution is 2.52. The van der Waals surface area contributed by atoms with Crippen molar-refractivity contribution in [1.29, 1.82) is 0 Å². The fourth-order valence-corrected chi connectivity index (χ4v) is 8.77. The second kappa shape index (κ2) is 16.4. The third-order valence-electron chi connectivity index (χ3n) is 9.84. The quantitative estimate of drug-likeness (QED) is 0.151. The molecular formula is C46H37Br4Cl. The van der Waals surface area contributed by atoms with Crippen LogP contribution in [0.2, 0.25) is 0 Å². The van der Waals surface area contributed by atoms with Crippen LogP contribution < -0.4 is 0 Å². The monoisotopic (exact) mass is 940 g/mol. The number of hydrogen-bond acceptors (Lipinski definition) is 0. The molecule has 2 aliphatic rings. The molecule has 0 amide bonds. The first kappa shape index (κ1) is 37.8. The second-order valence-electron chi connectivity index (χ2n) is 13.1. The van der Waals surface area contributed by atoms with Gasteiger partial charge in [0.25, 0.3) is 0 Å². The van der Waals surface area contributed by atoms with E-state index in [-0.39, 0.29) is 5.41 Å². The van der Waals surface area contributed by atoms with Gasteiger partial charge in [0.1, 0.15) is 0 Å². The Morgan fingerprint density at radius 2 is 0.922 bits per heavy atom. The van der Waals surface area contributed by atoms with Gasteiger partial charge in [-0.1, -0.05) is 176 Å². The molecular weight excluding hydrogens is 908 g/mol. The van der Waals surface area contributed by atoms with Crippen LogP contribution in [0.1, 0.15) is 64.3 Å². The van der Waals surface area contributed by atoms with Gasteiger partial charge < -0.3 is 0 Å². The summed E-state index contributed by atoms with van der Waals surface area (Å²) < 4.78 is 4.58. The molecule has 0 aliphatic heterocycles. The molecule has 0 nitrogen and oxygen atoms in total. The lowest BCUT2D eigenvalue weighted by Gasteiger charge is -2.28. The van der Waals surface area contributed by atoms with Crippen LogP contribution in [-0.2, 0) is 17.7 Å². The van der Waals surface area contributed by atoms with E-state index in [0.717, 1.165) is 41.0 Å². The Labute approximate surface area is 341 Å². The zero-order valence-corrected chi connectivity index (χ0v) is 35.6. The molecule has 0 bridgehead atoms. The zero-order valence-electron chi connectivity index (χ0n) is 28.5. The fraction of sp³-hybridized carbons (Fsp3) is 0.130. The van der Waals surface area contributed by atoms with Crippen molar-refractivity contribution >= 4 is 87.5 Å². The summed E-state index contributed by atoms with van der Waals surface area (Å²) in [6.07, 6.45) is 4.68. The maximum atomic E-state index is 5.60. The maximum absolute atomic E-state index is 5.60. The molecule has 8 rings (SSSR count). The van der Waals surface area contributed by atoms with Gasteiger partial charge in [0.05, 0.1) is 0 Å². The number of fused-ring (bicyclic) bond motifs is 6. The number of rotatable bonds is 5. The van der Waals surface area contributed by atoms with E-state index < -0.39 is 0 Å². The van der Waals surface area contributed by atoms with Crippen LogP contribution in [0.15, 0.2) is 152 Å². The Morgan fingerprint density at radius 3 is 1.31 bits per heavy atom. The number of halogens is 5. The van der Waals surface area contributed by atoms with Crippen LogP contribution in [0.25, 0.3) is 34.4 Å². The molecule has 0 unspecified atom stereocenters. The van der Waals surface area contributed by atoms with Gasteiger partial charge in [0, 0.05) is 35.1 Å². The highest BCUT2D eigenvalue weighted by atomic mass is 79.9. The van der Waals surface area contributed by atoms with Crippen molar-refractivity contribution in [3.05, 3.63) is 197 Å². The van der Waals surface area contributed by atoms with E-state index in [1.165, 1.54) is 50.1 Å². The minimum atomic E-state index is -0.0477. The van der Waals surface area contributed by atoms with E-state index in [1.54, 1.807) is 0 Å². The van der Waals surface area contributed by atoms with Gasteiger partial charge in [-0.05, 0) is 122 Å². The van der Waals surface area contributed by atoms with E-state index >= 15 is 0 Å². The molecule has 0 spiro atoms. The summed E-state index contributed by atoms with van der Waals surface area (Å²) in [5.74, 6) is 1.07. The molecule has 0 saturated heterocycles. The number of benzene rings is 6. The summed E-state index contributed by atoms with van der Waals surface area (Å²) in [5, 5.41) is 0. The smallest absolute Gasteiger partial charge is 0.0474 e. The molecule has 2 aliphatic carbocycles. The average Bonchev–Trinajstić information content (AvgIpc) is 3.54. The molecule has 51 heavy (non-hydrogen) atoms. The van der Waals surface area contributed by atoms with Gasteiger partial charge in [0.15, 0.2) is 0 Å². The minimum Gasteiger partial charge on any atom is -0.122 e. The summed E-state index contributed by atoms with van der Waals surface area (Å²) in [6.45, 7) is 12.1. The van der Waals surface area contributed by atoms with Gasteiger partial charge in [-0.15, -0.1) is 11.6 Å². The van der Waals surface area contributed by atoms with Gasteiger partial charge in [-0.2, -0.15) is 0 Å². The molecule has 0 heterocycles. The summed E-state index contributed by atoms with van der Waals surface area (Å²) in [7, 11) is 0. The molecule has 256 valence electrons. The van der Waals surface area contributed by atoms with E-state index in [4.69, 9.17) is 11.6 Å². The topological polar surface area (TPSA) is 0 Å². The summed E-state index contributed by atoms with van der Waals surface area (Å²) in [4.78, 5) is 0. The molecule has 0 atom stereocenters. The van der Waals surface area contributed by atoms with E-state index in [0.29, 0.717) is 11.8 Å². The standard InChI is InChI=1S/C23H18Br2.C14H10Br2.C9H9Cl/c1-3-15-4-6-16(7-5-15)14-23(2)21-12-17(24)8-10-19(21)20-11-9-18(25)13-22(20)23;1-8-13-6-9(15)2-4-11(13)12-5-3-10(16)7-14(8)12;1-2-8-3-5-9(7-10)6-4-8/h3-13H,1,14H2,2H3;2-8H,1H3;2-6H,1,7H2. The van der Waals surface area contributed by atoms with Crippen LogP contribution in [0, 0.1) is 0 Å². The first-order valence-electron chi connectivity index (χ1n) is 16.7. The van der Waals surface area contributed by atoms with Crippen LogP contribution >= 0.6 is 75.3 Å². The Kier molecular flexibility index (Phi) is 12.1. The Morgan fingerprint density at radius 1 is 0.549 bits per heavy atom. The lowest BCUT2D eigenvalue weighted by molar-refractivity contribution is 0.582. The lowest BCUT2D eigenvalue weighted by atomic mass is 9.75. The summed E-state index contributed by atoms with van der Waals surface area (Å²) in [6, 6.07) is 43.1. The van der Waals surface area contributed by atoms with Crippen LogP contribution in [0.4, 0.5) is 0 Å². The molecule has 0 aromatic heterocycles. The largest absolute Gasteiger partial charge is 0.122 e. The van der Waals surface area contributed by atoms with Crippen LogP contribution in [0.5, 0.6) is 0 Å². The van der Waals surface area contributed by atoms with Crippen molar-refractivity contribution < 1.29 is 0 Å². The van der Waals surface area contributed by atoms with Crippen molar-refractivity contribution in [2.45, 2.75) is 37.5 Å². The zero-order chi connectivity index (χ0) is 36.3. The highest BCUT2D eigenvalue weighted by molar-refractivity contribution is 9.11. The molecule has 0 N–H and O–H groups in total. The van der Waals surface area contributed by atoms with Crippen LogP contribution in [0.3, 0.4) is 0 Å². The van der Waals surface area contributed by atoms with Crippen molar-refractivity contribution in [3.63, 3.8) is 0 Å². The normalized spacial score (nSPS) is 13.0. The number of alkyl halides is 1. The lowest BCUT2D eigenvalue weighted by Crippen LogP contribution is -2.24. The third-order valence-corrected chi connectivity index (χ3v) is 12.1. The van der Waals surface area contributed by atoms with Crippen molar-refractivity contribution in [2.75, 3.05) is 0 Å². The molecule has 0 fully saturated rings. The predicted octanol–water partition coefficient (Wildman–Crippen LogP) is 15.8. The molecule has 5 heteroatoms. The maximum Gasteiger partial charge on any atom is 0.0474 e. The molecule has 6 aromatic carbocycles. The first-order valence-corrected chi connectivity index (χ1v) is 20.4. The van der Waals surface area contributed by atoms with Gasteiger partial charge in [-0.25, -0.2) is 0 Å². The molecule has 0 radical (unpaired) electrons. The van der Waals surface area contributed by atoms with E-state index in [2.05, 4.69) is 188 Å². The number of hydrogen-bond donors (Lipinski definition) is 0.